The smallest absolute Gasteiger partial charge is 0.420 e. The van der Waals surface area contributed by atoms with Crippen molar-refractivity contribution in [1.29, 1.82) is 0 Å². The van der Waals surface area contributed by atoms with E-state index >= 15 is 0 Å². The lowest BCUT2D eigenvalue weighted by Crippen LogP contribution is -2.48. The summed E-state index contributed by atoms with van der Waals surface area (Å²) < 4.78 is 61.4. The lowest BCUT2D eigenvalue weighted by atomic mass is 10.1. The third-order valence-corrected chi connectivity index (χ3v) is 5.86. The van der Waals surface area contributed by atoms with Gasteiger partial charge in [0.25, 0.3) is 0 Å². The Balaban J connectivity index is 1.91. The molecular weight excluding hydrogens is 447 g/mol. The minimum atomic E-state index is -4.49. The standard InChI is InChI=1S/C22H26F3NO5S/c1-21(2,3)31-20(27)26(10-13-6-7-15(28-4)9-17(13)29-5)14-8-18-19(30-11-14)16(12-32-18)22(23,24)25/h6-7,9,12,14H,8,10-11H2,1-5H3. The fourth-order valence-corrected chi connectivity index (χ4v) is 4.43. The average molecular weight is 474 g/mol. The molecule has 0 saturated carbocycles. The van der Waals surface area contributed by atoms with Crippen LogP contribution in [0, 0.1) is 0 Å². The van der Waals surface area contributed by atoms with E-state index < -0.39 is 29.5 Å². The number of carbonyl (C=O) groups is 1. The molecule has 1 aliphatic rings. The van der Waals surface area contributed by atoms with Gasteiger partial charge in [-0.15, -0.1) is 11.3 Å². The molecule has 0 spiro atoms. The van der Waals surface area contributed by atoms with E-state index in [1.807, 2.05) is 0 Å². The zero-order valence-corrected chi connectivity index (χ0v) is 19.4. The molecule has 10 heteroatoms. The molecule has 1 unspecified atom stereocenters. The monoisotopic (exact) mass is 473 g/mol. The molecule has 0 bridgehead atoms. The van der Waals surface area contributed by atoms with Crippen LogP contribution in [0.5, 0.6) is 17.2 Å². The normalized spacial score (nSPS) is 16.1. The molecule has 1 amide bonds. The summed E-state index contributed by atoms with van der Waals surface area (Å²) in [6.45, 7) is 5.30. The van der Waals surface area contributed by atoms with E-state index in [0.717, 1.165) is 16.7 Å². The summed E-state index contributed by atoms with van der Waals surface area (Å²) in [5, 5.41) is 1.05. The van der Waals surface area contributed by atoms with Gasteiger partial charge in [0.15, 0.2) is 0 Å². The van der Waals surface area contributed by atoms with E-state index in [9.17, 15) is 18.0 Å². The lowest BCUT2D eigenvalue weighted by molar-refractivity contribution is -0.139. The number of hydrogen-bond donors (Lipinski definition) is 0. The number of nitrogens with zero attached hydrogens (tertiary/aromatic N) is 1. The van der Waals surface area contributed by atoms with Crippen LogP contribution in [0.4, 0.5) is 18.0 Å². The Morgan fingerprint density at radius 3 is 2.53 bits per heavy atom. The molecule has 0 saturated heterocycles. The molecule has 0 aliphatic carbocycles. The first kappa shape index (κ1) is 24.0. The molecule has 176 valence electrons. The molecule has 2 aromatic rings. The van der Waals surface area contributed by atoms with Gasteiger partial charge in [-0.1, -0.05) is 0 Å². The van der Waals surface area contributed by atoms with Gasteiger partial charge in [0.1, 0.15) is 35.0 Å². The Hall–Kier alpha value is -2.62. The van der Waals surface area contributed by atoms with Crippen molar-refractivity contribution in [3.05, 3.63) is 39.6 Å². The van der Waals surface area contributed by atoms with Gasteiger partial charge >= 0.3 is 12.3 Å². The fraction of sp³-hybridized carbons (Fsp3) is 0.500. The molecule has 3 rings (SSSR count). The highest BCUT2D eigenvalue weighted by Crippen LogP contribution is 2.44. The van der Waals surface area contributed by atoms with Gasteiger partial charge in [0, 0.05) is 28.3 Å². The number of amides is 1. The van der Waals surface area contributed by atoms with Crippen LogP contribution in [0.25, 0.3) is 0 Å². The van der Waals surface area contributed by atoms with Gasteiger partial charge in [-0.3, -0.25) is 4.90 Å². The number of alkyl halides is 3. The zero-order valence-electron chi connectivity index (χ0n) is 18.5. The zero-order chi connectivity index (χ0) is 23.7. The van der Waals surface area contributed by atoms with Gasteiger partial charge in [-0.05, 0) is 32.9 Å². The first-order chi connectivity index (χ1) is 14.9. The third-order valence-electron chi connectivity index (χ3n) is 4.87. The molecule has 1 atom stereocenters. The molecule has 2 heterocycles. The van der Waals surface area contributed by atoms with Gasteiger partial charge in [0.2, 0.25) is 0 Å². The fourth-order valence-electron chi connectivity index (χ4n) is 3.36. The molecule has 0 fully saturated rings. The Morgan fingerprint density at radius 1 is 1.22 bits per heavy atom. The highest BCUT2D eigenvalue weighted by Gasteiger charge is 2.40. The molecule has 1 aromatic carbocycles. The number of fused-ring (bicyclic) bond motifs is 1. The van der Waals surface area contributed by atoms with Crippen LogP contribution >= 0.6 is 11.3 Å². The summed E-state index contributed by atoms with van der Waals surface area (Å²) in [5.74, 6) is 0.967. The van der Waals surface area contributed by atoms with Crippen LogP contribution in [0.2, 0.25) is 0 Å². The molecule has 0 radical (unpaired) electrons. The maximum absolute atomic E-state index is 13.2. The van der Waals surface area contributed by atoms with Crippen molar-refractivity contribution in [1.82, 2.24) is 4.90 Å². The number of hydrogen-bond acceptors (Lipinski definition) is 6. The van der Waals surface area contributed by atoms with Crippen molar-refractivity contribution in [3.63, 3.8) is 0 Å². The summed E-state index contributed by atoms with van der Waals surface area (Å²) in [4.78, 5) is 15.0. The summed E-state index contributed by atoms with van der Waals surface area (Å²) >= 11 is 0.979. The Kier molecular flexibility index (Phi) is 6.83. The van der Waals surface area contributed by atoms with Crippen molar-refractivity contribution >= 4 is 17.4 Å². The SMILES string of the molecule is COc1ccc(CN(C(=O)OC(C)(C)C)C2COc3c(C(F)(F)F)csc3C2)c(OC)c1. The number of rotatable bonds is 5. The van der Waals surface area contributed by atoms with Crippen molar-refractivity contribution in [3.8, 4) is 17.2 Å². The molecular formula is C22H26F3NO5S. The number of carbonyl (C=O) groups excluding carboxylic acids is 1. The van der Waals surface area contributed by atoms with Crippen molar-refractivity contribution < 1.29 is 36.9 Å². The highest BCUT2D eigenvalue weighted by atomic mass is 32.1. The molecule has 1 aromatic heterocycles. The van der Waals surface area contributed by atoms with Crippen LogP contribution in [0.3, 0.4) is 0 Å². The summed E-state index contributed by atoms with van der Waals surface area (Å²) in [6.07, 6.45) is -4.84. The molecule has 0 N–H and O–H groups in total. The Morgan fingerprint density at radius 2 is 1.94 bits per heavy atom. The van der Waals surface area contributed by atoms with Gasteiger partial charge in [-0.25, -0.2) is 4.79 Å². The summed E-state index contributed by atoms with van der Waals surface area (Å²) in [7, 11) is 3.05. The third kappa shape index (κ3) is 5.40. The quantitative estimate of drug-likeness (QED) is 0.572. The molecule has 6 nitrogen and oxygen atoms in total. The molecule has 32 heavy (non-hydrogen) atoms. The summed E-state index contributed by atoms with van der Waals surface area (Å²) in [5.41, 5.74) is -0.824. The van der Waals surface area contributed by atoms with Crippen molar-refractivity contribution in [2.24, 2.45) is 0 Å². The Bertz CT molecular complexity index is 967. The van der Waals surface area contributed by atoms with Crippen molar-refractivity contribution in [2.75, 3.05) is 20.8 Å². The molecule has 1 aliphatic heterocycles. The first-order valence-corrected chi connectivity index (χ1v) is 10.8. The lowest BCUT2D eigenvalue weighted by Gasteiger charge is -2.36. The van der Waals surface area contributed by atoms with Gasteiger partial charge in [0.05, 0.1) is 26.8 Å². The maximum atomic E-state index is 13.2. The maximum Gasteiger partial charge on any atom is 0.420 e. The minimum Gasteiger partial charge on any atom is -0.497 e. The predicted molar refractivity (Wildman–Crippen MR) is 114 cm³/mol. The van der Waals surface area contributed by atoms with Crippen molar-refractivity contribution in [2.45, 2.75) is 51.6 Å². The van der Waals surface area contributed by atoms with E-state index in [2.05, 4.69) is 0 Å². The number of halogens is 3. The Labute approximate surface area is 188 Å². The van der Waals surface area contributed by atoms with E-state index in [0.29, 0.717) is 21.9 Å². The van der Waals surface area contributed by atoms with E-state index in [-0.39, 0.29) is 25.3 Å². The van der Waals surface area contributed by atoms with Crippen LogP contribution < -0.4 is 14.2 Å². The average Bonchev–Trinajstić information content (AvgIpc) is 3.14. The van der Waals surface area contributed by atoms with Crippen LogP contribution in [-0.4, -0.2) is 43.5 Å². The number of thiophene rings is 1. The van der Waals surface area contributed by atoms with E-state index in [4.69, 9.17) is 18.9 Å². The predicted octanol–water partition coefficient (Wildman–Crippen LogP) is 5.52. The highest BCUT2D eigenvalue weighted by molar-refractivity contribution is 7.10. The second-order valence-electron chi connectivity index (χ2n) is 8.35. The number of methoxy groups -OCH3 is 2. The van der Waals surface area contributed by atoms with E-state index in [1.165, 1.54) is 19.1 Å². The van der Waals surface area contributed by atoms with Crippen LogP contribution in [0.15, 0.2) is 23.6 Å². The second kappa shape index (κ2) is 9.09. The van der Waals surface area contributed by atoms with Crippen LogP contribution in [0.1, 0.15) is 36.8 Å². The minimum absolute atomic E-state index is 0.0788. The van der Waals surface area contributed by atoms with Gasteiger partial charge < -0.3 is 18.9 Å². The summed E-state index contributed by atoms with van der Waals surface area (Å²) in [6, 6.07) is 4.71. The van der Waals surface area contributed by atoms with Crippen LogP contribution in [-0.2, 0) is 23.9 Å². The topological polar surface area (TPSA) is 57.2 Å². The second-order valence-corrected chi connectivity index (χ2v) is 9.32. The number of benzene rings is 1. The van der Waals surface area contributed by atoms with Gasteiger partial charge in [-0.2, -0.15) is 13.2 Å². The largest absolute Gasteiger partial charge is 0.497 e. The number of ether oxygens (including phenoxy) is 4. The van der Waals surface area contributed by atoms with E-state index in [1.54, 1.807) is 39.0 Å². The first-order valence-electron chi connectivity index (χ1n) is 9.94.